The van der Waals surface area contributed by atoms with Gasteiger partial charge in [0.15, 0.2) is 11.5 Å². The van der Waals surface area contributed by atoms with Gasteiger partial charge < -0.3 is 9.47 Å². The molecular formula is C17H28O2. The highest BCUT2D eigenvalue weighted by Crippen LogP contribution is 2.31. The second kappa shape index (κ2) is 8.08. The molecule has 0 radical (unpaired) electrons. The SMILES string of the molecule is Cc1cccc(OCCC(C)C)c1OCCC(C)C. The van der Waals surface area contributed by atoms with Crippen molar-refractivity contribution in [3.63, 3.8) is 0 Å². The summed E-state index contributed by atoms with van der Waals surface area (Å²) in [7, 11) is 0. The molecule has 0 heterocycles. The Balaban J connectivity index is 2.61. The first-order valence-electron chi connectivity index (χ1n) is 7.36. The van der Waals surface area contributed by atoms with Crippen molar-refractivity contribution in [2.24, 2.45) is 11.8 Å². The number of benzene rings is 1. The summed E-state index contributed by atoms with van der Waals surface area (Å²) in [5, 5.41) is 0. The molecule has 0 unspecified atom stereocenters. The van der Waals surface area contributed by atoms with E-state index in [-0.39, 0.29) is 0 Å². The maximum Gasteiger partial charge on any atom is 0.164 e. The molecule has 0 saturated heterocycles. The minimum atomic E-state index is 0.661. The molecule has 0 N–H and O–H groups in total. The summed E-state index contributed by atoms with van der Waals surface area (Å²) in [5.74, 6) is 3.11. The lowest BCUT2D eigenvalue weighted by atomic mass is 10.1. The van der Waals surface area contributed by atoms with Crippen molar-refractivity contribution in [2.45, 2.75) is 47.5 Å². The maximum absolute atomic E-state index is 5.91. The van der Waals surface area contributed by atoms with E-state index >= 15 is 0 Å². The zero-order valence-electron chi connectivity index (χ0n) is 13.0. The molecule has 0 spiro atoms. The quantitative estimate of drug-likeness (QED) is 0.668. The van der Waals surface area contributed by atoms with Gasteiger partial charge in [0.2, 0.25) is 0 Å². The number of aryl methyl sites for hydroxylation is 1. The highest BCUT2D eigenvalue weighted by atomic mass is 16.5. The van der Waals surface area contributed by atoms with Gasteiger partial charge in [0.25, 0.3) is 0 Å². The Morgan fingerprint density at radius 1 is 0.895 bits per heavy atom. The van der Waals surface area contributed by atoms with E-state index < -0.39 is 0 Å². The standard InChI is InChI=1S/C17H28O2/c1-13(2)9-11-18-16-8-6-7-15(5)17(16)19-12-10-14(3)4/h6-8,13-14H,9-12H2,1-5H3. The van der Waals surface area contributed by atoms with Gasteiger partial charge in [-0.25, -0.2) is 0 Å². The van der Waals surface area contributed by atoms with Crippen LogP contribution >= 0.6 is 0 Å². The molecule has 0 aliphatic carbocycles. The van der Waals surface area contributed by atoms with E-state index in [2.05, 4.69) is 40.7 Å². The van der Waals surface area contributed by atoms with Crippen molar-refractivity contribution in [3.05, 3.63) is 23.8 Å². The second-order valence-electron chi connectivity index (χ2n) is 5.96. The van der Waals surface area contributed by atoms with Crippen LogP contribution in [0.1, 0.15) is 46.1 Å². The lowest BCUT2D eigenvalue weighted by molar-refractivity contribution is 0.245. The Morgan fingerprint density at radius 3 is 2.05 bits per heavy atom. The van der Waals surface area contributed by atoms with Crippen LogP contribution < -0.4 is 9.47 Å². The van der Waals surface area contributed by atoms with Crippen LogP contribution in [0.2, 0.25) is 0 Å². The van der Waals surface area contributed by atoms with Crippen molar-refractivity contribution in [1.29, 1.82) is 0 Å². The average Bonchev–Trinajstić information content (AvgIpc) is 2.31. The first kappa shape index (κ1) is 15.9. The molecule has 2 nitrogen and oxygen atoms in total. The molecule has 0 saturated carbocycles. The van der Waals surface area contributed by atoms with E-state index in [0.29, 0.717) is 11.8 Å². The maximum atomic E-state index is 5.91. The third kappa shape index (κ3) is 6.00. The van der Waals surface area contributed by atoms with Gasteiger partial charge in [-0.2, -0.15) is 0 Å². The molecule has 0 atom stereocenters. The minimum absolute atomic E-state index is 0.661. The van der Waals surface area contributed by atoms with Gasteiger partial charge in [-0.1, -0.05) is 39.8 Å². The van der Waals surface area contributed by atoms with Crippen molar-refractivity contribution in [2.75, 3.05) is 13.2 Å². The van der Waals surface area contributed by atoms with Gasteiger partial charge in [0.1, 0.15) is 0 Å². The van der Waals surface area contributed by atoms with E-state index in [1.54, 1.807) is 0 Å². The Labute approximate surface area is 118 Å². The van der Waals surface area contributed by atoms with Crippen LogP contribution in [0, 0.1) is 18.8 Å². The monoisotopic (exact) mass is 264 g/mol. The van der Waals surface area contributed by atoms with E-state index in [4.69, 9.17) is 9.47 Å². The first-order valence-corrected chi connectivity index (χ1v) is 7.36. The molecular weight excluding hydrogens is 236 g/mol. The topological polar surface area (TPSA) is 18.5 Å². The fraction of sp³-hybridized carbons (Fsp3) is 0.647. The molecule has 0 fully saturated rings. The molecule has 0 bridgehead atoms. The predicted molar refractivity (Wildman–Crippen MR) is 81.1 cm³/mol. The summed E-state index contributed by atoms with van der Waals surface area (Å²) < 4.78 is 11.8. The van der Waals surface area contributed by atoms with E-state index in [1.807, 2.05) is 12.1 Å². The Bertz CT molecular complexity index is 370. The third-order valence-electron chi connectivity index (χ3n) is 3.07. The molecule has 0 aromatic heterocycles. The molecule has 0 amide bonds. The van der Waals surface area contributed by atoms with Gasteiger partial charge in [-0.3, -0.25) is 0 Å². The highest BCUT2D eigenvalue weighted by molar-refractivity contribution is 5.45. The third-order valence-corrected chi connectivity index (χ3v) is 3.07. The molecule has 2 heteroatoms. The van der Waals surface area contributed by atoms with E-state index in [1.165, 1.54) is 0 Å². The van der Waals surface area contributed by atoms with Crippen molar-refractivity contribution in [3.8, 4) is 11.5 Å². The fourth-order valence-corrected chi connectivity index (χ4v) is 1.73. The van der Waals surface area contributed by atoms with Gasteiger partial charge >= 0.3 is 0 Å². The van der Waals surface area contributed by atoms with Crippen molar-refractivity contribution >= 4 is 0 Å². The van der Waals surface area contributed by atoms with Crippen molar-refractivity contribution in [1.82, 2.24) is 0 Å². The van der Waals surface area contributed by atoms with Crippen LogP contribution in [0.3, 0.4) is 0 Å². The van der Waals surface area contributed by atoms with Crippen LogP contribution in [0.4, 0.5) is 0 Å². The summed E-state index contributed by atoms with van der Waals surface area (Å²) in [5.41, 5.74) is 1.14. The molecule has 108 valence electrons. The Kier molecular flexibility index (Phi) is 6.75. The fourth-order valence-electron chi connectivity index (χ4n) is 1.73. The summed E-state index contributed by atoms with van der Waals surface area (Å²) in [6, 6.07) is 6.09. The van der Waals surface area contributed by atoms with Gasteiger partial charge in [-0.15, -0.1) is 0 Å². The number of hydrogen-bond donors (Lipinski definition) is 0. The number of ether oxygens (including phenoxy) is 2. The summed E-state index contributed by atoms with van der Waals surface area (Å²) >= 11 is 0. The van der Waals surface area contributed by atoms with Gasteiger partial charge in [0.05, 0.1) is 13.2 Å². The highest BCUT2D eigenvalue weighted by Gasteiger charge is 2.09. The summed E-state index contributed by atoms with van der Waals surface area (Å²) in [6.45, 7) is 12.4. The molecule has 1 rings (SSSR count). The zero-order valence-corrected chi connectivity index (χ0v) is 13.0. The molecule has 1 aromatic carbocycles. The van der Waals surface area contributed by atoms with Crippen LogP contribution in [0.5, 0.6) is 11.5 Å². The lowest BCUT2D eigenvalue weighted by Gasteiger charge is -2.16. The van der Waals surface area contributed by atoms with Gasteiger partial charge in [0, 0.05) is 0 Å². The average molecular weight is 264 g/mol. The molecule has 1 aromatic rings. The van der Waals surface area contributed by atoms with Crippen molar-refractivity contribution < 1.29 is 9.47 Å². The lowest BCUT2D eigenvalue weighted by Crippen LogP contribution is -2.06. The molecule has 0 aliphatic rings. The molecule has 0 aliphatic heterocycles. The Morgan fingerprint density at radius 2 is 1.47 bits per heavy atom. The predicted octanol–water partition coefficient (Wildman–Crippen LogP) is 4.84. The van der Waals surface area contributed by atoms with Crippen LogP contribution in [-0.4, -0.2) is 13.2 Å². The van der Waals surface area contributed by atoms with Crippen LogP contribution in [-0.2, 0) is 0 Å². The zero-order chi connectivity index (χ0) is 14.3. The minimum Gasteiger partial charge on any atom is -0.490 e. The largest absolute Gasteiger partial charge is 0.490 e. The van der Waals surface area contributed by atoms with Gasteiger partial charge in [-0.05, 0) is 43.2 Å². The van der Waals surface area contributed by atoms with Crippen LogP contribution in [0.15, 0.2) is 18.2 Å². The summed E-state index contributed by atoms with van der Waals surface area (Å²) in [4.78, 5) is 0. The number of hydrogen-bond acceptors (Lipinski definition) is 2. The van der Waals surface area contributed by atoms with E-state index in [0.717, 1.165) is 43.1 Å². The van der Waals surface area contributed by atoms with Crippen LogP contribution in [0.25, 0.3) is 0 Å². The smallest absolute Gasteiger partial charge is 0.164 e. The molecule has 19 heavy (non-hydrogen) atoms. The number of para-hydroxylation sites is 1. The summed E-state index contributed by atoms with van der Waals surface area (Å²) in [6.07, 6.45) is 2.14. The first-order chi connectivity index (χ1) is 9.00. The second-order valence-corrected chi connectivity index (χ2v) is 5.96. The Hall–Kier alpha value is -1.18. The van der Waals surface area contributed by atoms with E-state index in [9.17, 15) is 0 Å². The number of rotatable bonds is 8. The normalized spacial score (nSPS) is 11.1.